The maximum Gasteiger partial charge on any atom is 0.705 e. The quantitative estimate of drug-likeness (QED) is 0.190. The van der Waals surface area contributed by atoms with Crippen molar-refractivity contribution in [3.8, 4) is 0 Å². The molecule has 0 saturated carbocycles. The number of carbonyl (C=O) groups is 2. The lowest BCUT2D eigenvalue weighted by Crippen LogP contribution is -2.28. The first-order chi connectivity index (χ1) is 16.2. The zero-order valence-corrected chi connectivity index (χ0v) is 20.5. The van der Waals surface area contributed by atoms with E-state index < -0.39 is 33.1 Å². The molecule has 0 N–H and O–H groups in total. The smallest absolute Gasteiger partial charge is 0.429 e. The highest BCUT2D eigenvalue weighted by atomic mass is 31.1. The summed E-state index contributed by atoms with van der Waals surface area (Å²) in [4.78, 5) is 24.1. The Hall–Kier alpha value is -3.00. The van der Waals surface area contributed by atoms with E-state index in [1.165, 1.54) is 0 Å². The lowest BCUT2D eigenvalue weighted by molar-refractivity contribution is -0.117. The maximum atomic E-state index is 12.4. The third-order valence-corrected chi connectivity index (χ3v) is 5.05. The van der Waals surface area contributed by atoms with E-state index in [1.54, 1.807) is 52.0 Å². The Balaban J connectivity index is 1.83. The van der Waals surface area contributed by atoms with Crippen molar-refractivity contribution >= 4 is 20.6 Å². The molecule has 2 rings (SSSR count). The van der Waals surface area contributed by atoms with Gasteiger partial charge >= 0.3 is 20.6 Å². The summed E-state index contributed by atoms with van der Waals surface area (Å²) in [5.74, 6) is -0.720. The Labute approximate surface area is 200 Å². The van der Waals surface area contributed by atoms with Gasteiger partial charge in [0.05, 0.1) is 0 Å². The highest BCUT2D eigenvalue weighted by molar-refractivity contribution is 7.33. The number of benzene rings is 2. The van der Waals surface area contributed by atoms with Crippen molar-refractivity contribution in [3.63, 3.8) is 0 Å². The molecule has 0 aromatic heterocycles. The fourth-order valence-electron chi connectivity index (χ4n) is 2.44. The van der Waals surface area contributed by atoms with Crippen LogP contribution in [0.3, 0.4) is 0 Å². The van der Waals surface area contributed by atoms with Crippen LogP contribution in [-0.2, 0) is 45.8 Å². The Bertz CT molecular complexity index is 830. The molecule has 9 nitrogen and oxygen atoms in total. The summed E-state index contributed by atoms with van der Waals surface area (Å²) in [6.45, 7) is 6.85. The number of hydrogen-bond acceptors (Lipinski definition) is 9. The molecule has 2 aromatic rings. The average Bonchev–Trinajstić information content (AvgIpc) is 2.81. The minimum absolute atomic E-state index is 0.0154. The molecule has 2 unspecified atom stereocenters. The van der Waals surface area contributed by atoms with Crippen molar-refractivity contribution in [1.82, 2.24) is 0 Å². The van der Waals surface area contributed by atoms with E-state index in [2.05, 4.69) is 0 Å². The molecule has 0 spiro atoms. The molecular weight excluding hydrogens is 463 g/mol. The van der Waals surface area contributed by atoms with Gasteiger partial charge in [-0.25, -0.2) is 9.59 Å². The summed E-state index contributed by atoms with van der Waals surface area (Å²) in [6.07, 6.45) is -4.37. The van der Waals surface area contributed by atoms with Crippen LogP contribution in [0.1, 0.15) is 38.8 Å². The van der Waals surface area contributed by atoms with Gasteiger partial charge in [-0.3, -0.25) is 0 Å². The largest absolute Gasteiger partial charge is 0.705 e. The van der Waals surface area contributed by atoms with Gasteiger partial charge in [0, 0.05) is 16.4 Å². The first kappa shape index (κ1) is 27.2. The molecule has 34 heavy (non-hydrogen) atoms. The molecule has 0 radical (unpaired) electrons. The van der Waals surface area contributed by atoms with Crippen LogP contribution in [0.4, 0.5) is 9.59 Å². The lowest BCUT2D eigenvalue weighted by Gasteiger charge is -2.17. The number of hydrogen-bond donors (Lipinski definition) is 0. The Kier molecular flexibility index (Phi) is 11.5. The number of carbonyl (C=O) groups excluding carboxylic acids is 2. The van der Waals surface area contributed by atoms with Gasteiger partial charge in [-0.15, -0.1) is 0 Å². The SMILES string of the molecule is CC(C)C(OC(=O)OCc1ccccc1)O[P+](=O)OC(OC(=O)OCc1ccccc1)C(C)C. The molecule has 10 heteroatoms. The third kappa shape index (κ3) is 10.3. The van der Waals surface area contributed by atoms with Crippen molar-refractivity contribution in [2.24, 2.45) is 11.8 Å². The molecule has 0 amide bonds. The molecule has 0 aliphatic heterocycles. The van der Waals surface area contributed by atoms with Gasteiger partial charge in [-0.1, -0.05) is 97.4 Å². The fraction of sp³-hybridized carbons (Fsp3) is 0.417. The van der Waals surface area contributed by atoms with E-state index in [4.69, 9.17) is 28.0 Å². The molecule has 2 aromatic carbocycles. The lowest BCUT2D eigenvalue weighted by atomic mass is 10.2. The summed E-state index contributed by atoms with van der Waals surface area (Å²) in [7, 11) is -2.81. The van der Waals surface area contributed by atoms with Crippen LogP contribution in [0.25, 0.3) is 0 Å². The average molecular weight is 493 g/mol. The first-order valence-corrected chi connectivity index (χ1v) is 11.9. The first-order valence-electron chi connectivity index (χ1n) is 10.8. The second kappa shape index (κ2) is 14.3. The maximum absolute atomic E-state index is 12.4. The minimum atomic E-state index is -2.81. The minimum Gasteiger partial charge on any atom is -0.429 e. The summed E-state index contributed by atoms with van der Waals surface area (Å²) >= 11 is 0. The Morgan fingerprint density at radius 2 is 1.03 bits per heavy atom. The second-order valence-electron chi connectivity index (χ2n) is 7.94. The standard InChI is InChI=1S/C24H30O9P/c1-17(2)21(30-23(25)28-15-19-11-7-5-8-12-19)32-34(27)33-22(18(3)4)31-24(26)29-16-20-13-9-6-10-14-20/h5-14,17-18,21-22H,15-16H2,1-4H3/q+1. The summed E-state index contributed by atoms with van der Waals surface area (Å²) in [6, 6.07) is 18.1. The molecular formula is C24H30O9P+. The monoisotopic (exact) mass is 493 g/mol. The summed E-state index contributed by atoms with van der Waals surface area (Å²) in [5, 5.41) is 0. The topological polar surface area (TPSA) is 107 Å². The van der Waals surface area contributed by atoms with Gasteiger partial charge in [0.15, 0.2) is 0 Å². The predicted octanol–water partition coefficient (Wildman–Crippen LogP) is 6.35. The van der Waals surface area contributed by atoms with Crippen molar-refractivity contribution in [3.05, 3.63) is 71.8 Å². The molecule has 0 saturated heterocycles. The van der Waals surface area contributed by atoms with E-state index in [9.17, 15) is 14.2 Å². The van der Waals surface area contributed by atoms with Crippen LogP contribution >= 0.6 is 8.25 Å². The molecule has 0 aliphatic carbocycles. The van der Waals surface area contributed by atoms with Crippen LogP contribution in [0, 0.1) is 11.8 Å². The van der Waals surface area contributed by atoms with Crippen molar-refractivity contribution in [1.29, 1.82) is 0 Å². The summed E-state index contributed by atoms with van der Waals surface area (Å²) < 4.78 is 43.3. The highest BCUT2D eigenvalue weighted by Gasteiger charge is 2.38. The van der Waals surface area contributed by atoms with Crippen LogP contribution in [-0.4, -0.2) is 24.9 Å². The van der Waals surface area contributed by atoms with Gasteiger partial charge in [-0.05, 0) is 11.1 Å². The predicted molar refractivity (Wildman–Crippen MR) is 122 cm³/mol. The molecule has 2 atom stereocenters. The van der Waals surface area contributed by atoms with Gasteiger partial charge in [0.2, 0.25) is 0 Å². The fourth-order valence-corrected chi connectivity index (χ4v) is 3.41. The normalized spacial score (nSPS) is 13.2. The Morgan fingerprint density at radius 3 is 1.35 bits per heavy atom. The molecule has 0 fully saturated rings. The van der Waals surface area contributed by atoms with Gasteiger partial charge < -0.3 is 18.9 Å². The third-order valence-electron chi connectivity index (χ3n) is 4.29. The van der Waals surface area contributed by atoms with E-state index in [0.717, 1.165) is 11.1 Å². The zero-order chi connectivity index (χ0) is 24.9. The summed E-state index contributed by atoms with van der Waals surface area (Å²) in [5.41, 5.74) is 1.57. The molecule has 0 heterocycles. The van der Waals surface area contributed by atoms with E-state index in [-0.39, 0.29) is 25.0 Å². The number of ether oxygens (including phenoxy) is 4. The van der Waals surface area contributed by atoms with E-state index >= 15 is 0 Å². The van der Waals surface area contributed by atoms with Gasteiger partial charge in [-0.2, -0.15) is 0 Å². The van der Waals surface area contributed by atoms with Gasteiger partial charge in [0.25, 0.3) is 12.6 Å². The van der Waals surface area contributed by atoms with Crippen molar-refractivity contribution in [2.75, 3.05) is 0 Å². The van der Waals surface area contributed by atoms with E-state index in [0.29, 0.717) is 0 Å². The van der Waals surface area contributed by atoms with Crippen LogP contribution in [0.5, 0.6) is 0 Å². The van der Waals surface area contributed by atoms with E-state index in [1.807, 2.05) is 36.4 Å². The number of rotatable bonds is 12. The zero-order valence-electron chi connectivity index (χ0n) is 19.6. The van der Waals surface area contributed by atoms with Crippen molar-refractivity contribution in [2.45, 2.75) is 53.5 Å². The molecule has 0 aliphatic rings. The van der Waals surface area contributed by atoms with Crippen molar-refractivity contribution < 1.29 is 42.1 Å². The highest BCUT2D eigenvalue weighted by Crippen LogP contribution is 2.33. The van der Waals surface area contributed by atoms with Gasteiger partial charge in [0.1, 0.15) is 13.2 Å². The molecule has 0 bridgehead atoms. The Morgan fingerprint density at radius 1 is 0.676 bits per heavy atom. The molecule has 184 valence electrons. The van der Waals surface area contributed by atoms with Crippen LogP contribution < -0.4 is 0 Å². The van der Waals surface area contributed by atoms with Crippen LogP contribution in [0.2, 0.25) is 0 Å². The second-order valence-corrected chi connectivity index (χ2v) is 8.81. The van der Waals surface area contributed by atoms with Crippen LogP contribution in [0.15, 0.2) is 60.7 Å².